The smallest absolute Gasteiger partial charge is 0.258 e. The highest BCUT2D eigenvalue weighted by Gasteiger charge is 2.25. The zero-order chi connectivity index (χ0) is 16.2. The number of benzene rings is 1. The van der Waals surface area contributed by atoms with Crippen molar-refractivity contribution < 1.29 is 14.3 Å². The molecule has 0 aliphatic carbocycles. The molecule has 118 valence electrons. The lowest BCUT2D eigenvalue weighted by molar-refractivity contribution is 0.0939. The van der Waals surface area contributed by atoms with E-state index in [1.165, 1.54) is 4.88 Å². The minimum absolute atomic E-state index is 0.126. The third kappa shape index (κ3) is 3.42. The molecule has 1 amide bonds. The third-order valence-corrected chi connectivity index (χ3v) is 4.77. The lowest BCUT2D eigenvalue weighted by atomic mass is 9.91. The SMILES string of the molecule is COc1cccc(OC)c1C(=O)NCC(C)(C)c1cccs1. The second-order valence-electron chi connectivity index (χ2n) is 5.58. The topological polar surface area (TPSA) is 47.6 Å². The average molecular weight is 319 g/mol. The van der Waals surface area contributed by atoms with Gasteiger partial charge in [-0.3, -0.25) is 4.79 Å². The van der Waals surface area contributed by atoms with Crippen LogP contribution < -0.4 is 14.8 Å². The molecular formula is C17H21NO3S. The Morgan fingerprint density at radius 1 is 1.14 bits per heavy atom. The predicted molar refractivity (Wildman–Crippen MR) is 89.2 cm³/mol. The molecule has 0 fully saturated rings. The van der Waals surface area contributed by atoms with E-state index >= 15 is 0 Å². The van der Waals surface area contributed by atoms with Gasteiger partial charge in [0.05, 0.1) is 14.2 Å². The Balaban J connectivity index is 2.16. The van der Waals surface area contributed by atoms with Crippen molar-refractivity contribution in [3.05, 3.63) is 46.2 Å². The monoisotopic (exact) mass is 319 g/mol. The highest BCUT2D eigenvalue weighted by atomic mass is 32.1. The number of rotatable bonds is 6. The zero-order valence-corrected chi connectivity index (χ0v) is 14.1. The maximum absolute atomic E-state index is 12.6. The van der Waals surface area contributed by atoms with Crippen molar-refractivity contribution in [2.45, 2.75) is 19.3 Å². The number of carbonyl (C=O) groups is 1. The Bertz CT molecular complexity index is 613. The van der Waals surface area contributed by atoms with Crippen molar-refractivity contribution in [2.75, 3.05) is 20.8 Å². The molecule has 5 heteroatoms. The Morgan fingerprint density at radius 3 is 2.27 bits per heavy atom. The first kappa shape index (κ1) is 16.4. The fourth-order valence-electron chi connectivity index (χ4n) is 2.22. The predicted octanol–water partition coefficient (Wildman–Crippen LogP) is 3.47. The Labute approximate surface area is 135 Å². The standard InChI is InChI=1S/C17H21NO3S/c1-17(2,14-9-6-10-22-14)11-18-16(19)15-12(20-3)7-5-8-13(15)21-4/h5-10H,11H2,1-4H3,(H,18,19). The minimum Gasteiger partial charge on any atom is -0.496 e. The number of ether oxygens (including phenoxy) is 2. The molecule has 0 bridgehead atoms. The lowest BCUT2D eigenvalue weighted by Crippen LogP contribution is -2.36. The molecule has 0 aliphatic rings. The van der Waals surface area contributed by atoms with Crippen molar-refractivity contribution in [1.82, 2.24) is 5.32 Å². The molecule has 1 aromatic heterocycles. The fraction of sp³-hybridized carbons (Fsp3) is 0.353. The van der Waals surface area contributed by atoms with Crippen LogP contribution in [0.5, 0.6) is 11.5 Å². The molecule has 0 radical (unpaired) electrons. The maximum Gasteiger partial charge on any atom is 0.258 e. The van der Waals surface area contributed by atoms with Crippen LogP contribution in [0.3, 0.4) is 0 Å². The van der Waals surface area contributed by atoms with E-state index in [4.69, 9.17) is 9.47 Å². The first-order chi connectivity index (χ1) is 10.5. The van der Waals surface area contributed by atoms with Crippen LogP contribution in [0.15, 0.2) is 35.7 Å². The van der Waals surface area contributed by atoms with Gasteiger partial charge in [-0.25, -0.2) is 0 Å². The summed E-state index contributed by atoms with van der Waals surface area (Å²) < 4.78 is 10.5. The highest BCUT2D eigenvalue weighted by Crippen LogP contribution is 2.29. The molecule has 2 aromatic rings. The van der Waals surface area contributed by atoms with Gasteiger partial charge in [0, 0.05) is 16.8 Å². The Kier molecular flexibility index (Phi) is 5.08. The van der Waals surface area contributed by atoms with Gasteiger partial charge in [-0.05, 0) is 23.6 Å². The van der Waals surface area contributed by atoms with Crippen LogP contribution in [-0.2, 0) is 5.41 Å². The molecule has 0 saturated carbocycles. The fourth-order valence-corrected chi connectivity index (χ4v) is 3.07. The molecule has 22 heavy (non-hydrogen) atoms. The molecule has 1 heterocycles. The molecule has 0 atom stereocenters. The molecule has 1 N–H and O–H groups in total. The normalized spacial score (nSPS) is 11.1. The van der Waals surface area contributed by atoms with Gasteiger partial charge in [0.25, 0.3) is 5.91 Å². The number of hydrogen-bond acceptors (Lipinski definition) is 4. The van der Waals surface area contributed by atoms with Crippen LogP contribution in [0.25, 0.3) is 0 Å². The summed E-state index contributed by atoms with van der Waals surface area (Å²) in [5.74, 6) is 0.815. The summed E-state index contributed by atoms with van der Waals surface area (Å²) >= 11 is 1.69. The van der Waals surface area contributed by atoms with Crippen LogP contribution in [0.2, 0.25) is 0 Å². The number of nitrogens with one attached hydrogen (secondary N) is 1. The van der Waals surface area contributed by atoms with Crippen molar-refractivity contribution in [3.63, 3.8) is 0 Å². The summed E-state index contributed by atoms with van der Waals surface area (Å²) in [5.41, 5.74) is 0.300. The van der Waals surface area contributed by atoms with Gasteiger partial charge in [0.2, 0.25) is 0 Å². The van der Waals surface area contributed by atoms with E-state index in [1.807, 2.05) is 11.4 Å². The summed E-state index contributed by atoms with van der Waals surface area (Å²) in [7, 11) is 3.09. The van der Waals surface area contributed by atoms with E-state index in [0.717, 1.165) is 0 Å². The van der Waals surface area contributed by atoms with E-state index in [9.17, 15) is 4.79 Å². The summed E-state index contributed by atoms with van der Waals surface area (Å²) in [4.78, 5) is 13.8. The van der Waals surface area contributed by atoms with E-state index in [1.54, 1.807) is 43.8 Å². The number of carbonyl (C=O) groups excluding carboxylic acids is 1. The third-order valence-electron chi connectivity index (χ3n) is 3.53. The number of amides is 1. The van der Waals surface area contributed by atoms with Crippen molar-refractivity contribution in [1.29, 1.82) is 0 Å². The second kappa shape index (κ2) is 6.83. The largest absolute Gasteiger partial charge is 0.496 e. The van der Waals surface area contributed by atoms with Gasteiger partial charge in [-0.15, -0.1) is 11.3 Å². The van der Waals surface area contributed by atoms with Crippen molar-refractivity contribution in [3.8, 4) is 11.5 Å². The van der Waals surface area contributed by atoms with E-state index in [0.29, 0.717) is 23.6 Å². The van der Waals surface area contributed by atoms with Gasteiger partial charge < -0.3 is 14.8 Å². The van der Waals surface area contributed by atoms with Crippen LogP contribution in [-0.4, -0.2) is 26.7 Å². The molecular weight excluding hydrogens is 298 g/mol. The van der Waals surface area contributed by atoms with Crippen LogP contribution in [0, 0.1) is 0 Å². The summed E-state index contributed by atoms with van der Waals surface area (Å²) in [6, 6.07) is 9.40. The van der Waals surface area contributed by atoms with E-state index < -0.39 is 0 Å². The summed E-state index contributed by atoms with van der Waals surface area (Å²) in [6.07, 6.45) is 0. The van der Waals surface area contributed by atoms with Gasteiger partial charge in [-0.2, -0.15) is 0 Å². The zero-order valence-electron chi connectivity index (χ0n) is 13.3. The lowest BCUT2D eigenvalue weighted by Gasteiger charge is -2.24. The summed E-state index contributed by atoms with van der Waals surface area (Å²) in [5, 5.41) is 5.03. The molecule has 0 saturated heterocycles. The van der Waals surface area contributed by atoms with Crippen LogP contribution in [0.1, 0.15) is 29.1 Å². The number of methoxy groups -OCH3 is 2. The van der Waals surface area contributed by atoms with Gasteiger partial charge >= 0.3 is 0 Å². The minimum atomic E-state index is -0.195. The maximum atomic E-state index is 12.6. The molecule has 1 aromatic carbocycles. The van der Waals surface area contributed by atoms with Crippen LogP contribution >= 0.6 is 11.3 Å². The molecule has 0 aliphatic heterocycles. The molecule has 0 unspecified atom stereocenters. The van der Waals surface area contributed by atoms with Gasteiger partial charge in [0.1, 0.15) is 17.1 Å². The van der Waals surface area contributed by atoms with Crippen molar-refractivity contribution >= 4 is 17.2 Å². The molecule has 0 spiro atoms. The number of hydrogen-bond donors (Lipinski definition) is 1. The van der Waals surface area contributed by atoms with Gasteiger partial charge in [-0.1, -0.05) is 26.0 Å². The Morgan fingerprint density at radius 2 is 1.77 bits per heavy atom. The first-order valence-corrected chi connectivity index (χ1v) is 7.90. The average Bonchev–Trinajstić information content (AvgIpc) is 3.07. The van der Waals surface area contributed by atoms with Crippen molar-refractivity contribution in [2.24, 2.45) is 0 Å². The summed E-state index contributed by atoms with van der Waals surface area (Å²) in [6.45, 7) is 4.75. The van der Waals surface area contributed by atoms with Gasteiger partial charge in [0.15, 0.2) is 0 Å². The second-order valence-corrected chi connectivity index (χ2v) is 6.53. The van der Waals surface area contributed by atoms with E-state index in [2.05, 4.69) is 25.2 Å². The molecule has 2 rings (SSSR count). The quantitative estimate of drug-likeness (QED) is 0.887. The Hall–Kier alpha value is -2.01. The van der Waals surface area contributed by atoms with E-state index in [-0.39, 0.29) is 11.3 Å². The van der Waals surface area contributed by atoms with Crippen LogP contribution in [0.4, 0.5) is 0 Å². The first-order valence-electron chi connectivity index (χ1n) is 7.03. The number of thiophene rings is 1. The highest BCUT2D eigenvalue weighted by molar-refractivity contribution is 7.10. The molecule has 4 nitrogen and oxygen atoms in total.